The van der Waals surface area contributed by atoms with Crippen LogP contribution in [0.4, 0.5) is 8.78 Å². The number of furan rings is 1. The Morgan fingerprint density at radius 2 is 1.81 bits per heavy atom. The summed E-state index contributed by atoms with van der Waals surface area (Å²) < 4.78 is 29.7. The monoisotopic (exact) mass is 331 g/mol. The summed E-state index contributed by atoms with van der Waals surface area (Å²) in [6, 6.07) is 11.3. The Morgan fingerprint density at radius 3 is 2.48 bits per heavy atom. The molecule has 1 aromatic carbocycles. The molecule has 0 aliphatic rings. The zero-order chi connectivity index (χ0) is 15.2. The fourth-order valence-corrected chi connectivity index (χ4v) is 2.43. The molecule has 0 saturated heterocycles. The zero-order valence-corrected chi connectivity index (χ0v) is 13.1. The Hall–Kier alpha value is -1.04. The maximum Gasteiger partial charge on any atom is 0.284 e. The predicted molar refractivity (Wildman–Crippen MR) is 82.7 cm³/mol. The fraction of sp³-hybridized carbons (Fsp3) is 0.333. The Bertz CT molecular complexity index is 559. The van der Waals surface area contributed by atoms with Crippen LogP contribution < -0.4 is 5.32 Å². The topological polar surface area (TPSA) is 25.2 Å². The van der Waals surface area contributed by atoms with Gasteiger partial charge in [-0.2, -0.15) is 8.78 Å². The minimum absolute atomic E-state index is 0.145. The summed E-state index contributed by atoms with van der Waals surface area (Å²) in [5.41, 5.74) is 1.12. The van der Waals surface area contributed by atoms with E-state index in [0.29, 0.717) is 29.1 Å². The summed E-state index contributed by atoms with van der Waals surface area (Å²) in [5, 5.41) is 4.03. The molecule has 114 valence electrons. The SMILES string of the molecule is CC(NCc1ccc(CSC(F)F)o1)c1ccc(Cl)cc1. The van der Waals surface area contributed by atoms with Gasteiger partial charge in [-0.1, -0.05) is 35.5 Å². The van der Waals surface area contributed by atoms with Crippen molar-refractivity contribution in [3.8, 4) is 0 Å². The average Bonchev–Trinajstić information content (AvgIpc) is 2.91. The first-order chi connectivity index (χ1) is 10.0. The summed E-state index contributed by atoms with van der Waals surface area (Å²) >= 11 is 6.41. The summed E-state index contributed by atoms with van der Waals surface area (Å²) in [7, 11) is 0. The van der Waals surface area contributed by atoms with Crippen LogP contribution in [0.5, 0.6) is 0 Å². The van der Waals surface area contributed by atoms with E-state index in [-0.39, 0.29) is 11.8 Å². The smallest absolute Gasteiger partial charge is 0.284 e. The lowest BCUT2D eigenvalue weighted by Crippen LogP contribution is -2.17. The van der Waals surface area contributed by atoms with Crippen molar-refractivity contribution < 1.29 is 13.2 Å². The molecule has 21 heavy (non-hydrogen) atoms. The van der Waals surface area contributed by atoms with Crippen LogP contribution in [0.2, 0.25) is 5.02 Å². The van der Waals surface area contributed by atoms with Crippen molar-refractivity contribution in [2.24, 2.45) is 0 Å². The number of benzene rings is 1. The molecule has 1 N–H and O–H groups in total. The van der Waals surface area contributed by atoms with Crippen molar-refractivity contribution in [2.75, 3.05) is 0 Å². The largest absolute Gasteiger partial charge is 0.464 e. The molecule has 1 heterocycles. The van der Waals surface area contributed by atoms with Gasteiger partial charge in [0.05, 0.1) is 12.3 Å². The highest BCUT2D eigenvalue weighted by molar-refractivity contribution is 7.98. The van der Waals surface area contributed by atoms with Crippen molar-refractivity contribution in [1.29, 1.82) is 0 Å². The highest BCUT2D eigenvalue weighted by Gasteiger charge is 2.09. The second-order valence-electron chi connectivity index (χ2n) is 4.59. The number of halogens is 3. The van der Waals surface area contributed by atoms with Gasteiger partial charge < -0.3 is 9.73 Å². The number of hydrogen-bond donors (Lipinski definition) is 1. The molecule has 0 radical (unpaired) electrons. The first-order valence-electron chi connectivity index (χ1n) is 6.51. The van der Waals surface area contributed by atoms with Gasteiger partial charge in [0.1, 0.15) is 11.5 Å². The van der Waals surface area contributed by atoms with E-state index in [1.54, 1.807) is 6.07 Å². The van der Waals surface area contributed by atoms with Crippen LogP contribution in [0.3, 0.4) is 0 Å². The molecule has 0 aliphatic carbocycles. The van der Waals surface area contributed by atoms with Crippen LogP contribution in [0.1, 0.15) is 30.0 Å². The molecule has 0 amide bonds. The Labute approximate surface area is 131 Å². The molecule has 0 bridgehead atoms. The van der Waals surface area contributed by atoms with Crippen LogP contribution in [-0.2, 0) is 12.3 Å². The molecule has 2 rings (SSSR count). The van der Waals surface area contributed by atoms with Crippen molar-refractivity contribution in [1.82, 2.24) is 5.32 Å². The molecule has 0 aliphatic heterocycles. The first-order valence-corrected chi connectivity index (χ1v) is 7.93. The molecule has 1 atom stereocenters. The summed E-state index contributed by atoms with van der Waals surface area (Å²) in [6.07, 6.45) is 0. The molecular weight excluding hydrogens is 316 g/mol. The van der Waals surface area contributed by atoms with Crippen LogP contribution >= 0.6 is 23.4 Å². The van der Waals surface area contributed by atoms with Gasteiger partial charge in [0.25, 0.3) is 5.76 Å². The van der Waals surface area contributed by atoms with Gasteiger partial charge in [-0.15, -0.1) is 0 Å². The molecule has 2 aromatic rings. The maximum absolute atomic E-state index is 12.1. The van der Waals surface area contributed by atoms with Gasteiger partial charge in [-0.05, 0) is 36.8 Å². The lowest BCUT2D eigenvalue weighted by Gasteiger charge is -2.13. The number of thioether (sulfide) groups is 1. The van der Waals surface area contributed by atoms with E-state index in [4.69, 9.17) is 16.0 Å². The molecule has 0 saturated carbocycles. The third-order valence-electron chi connectivity index (χ3n) is 3.02. The Balaban J connectivity index is 1.83. The molecule has 0 fully saturated rings. The summed E-state index contributed by atoms with van der Waals surface area (Å²) in [5.74, 6) is -0.886. The number of hydrogen-bond acceptors (Lipinski definition) is 3. The minimum atomic E-state index is -2.37. The highest BCUT2D eigenvalue weighted by Crippen LogP contribution is 2.22. The number of rotatable bonds is 7. The van der Waals surface area contributed by atoms with E-state index in [0.717, 1.165) is 11.3 Å². The van der Waals surface area contributed by atoms with Gasteiger partial charge >= 0.3 is 0 Å². The normalized spacial score (nSPS) is 12.8. The summed E-state index contributed by atoms with van der Waals surface area (Å²) in [6.45, 7) is 2.59. The van der Waals surface area contributed by atoms with Gasteiger partial charge in [-0.25, -0.2) is 0 Å². The van der Waals surface area contributed by atoms with Gasteiger partial charge in [0.2, 0.25) is 0 Å². The Kier molecular flexibility index (Phi) is 6.08. The van der Waals surface area contributed by atoms with Gasteiger partial charge in [-0.3, -0.25) is 0 Å². The van der Waals surface area contributed by atoms with Crippen LogP contribution in [0, 0.1) is 0 Å². The van der Waals surface area contributed by atoms with E-state index >= 15 is 0 Å². The highest BCUT2D eigenvalue weighted by atomic mass is 35.5. The van der Waals surface area contributed by atoms with Gasteiger partial charge in [0, 0.05) is 11.1 Å². The Morgan fingerprint density at radius 1 is 1.14 bits per heavy atom. The first kappa shape index (κ1) is 16.3. The maximum atomic E-state index is 12.1. The van der Waals surface area contributed by atoms with Crippen molar-refractivity contribution in [2.45, 2.75) is 31.0 Å². The molecule has 1 unspecified atom stereocenters. The second-order valence-corrected chi connectivity index (χ2v) is 6.01. The van der Waals surface area contributed by atoms with Crippen LogP contribution in [0.25, 0.3) is 0 Å². The zero-order valence-electron chi connectivity index (χ0n) is 11.5. The van der Waals surface area contributed by atoms with Gasteiger partial charge in [0.15, 0.2) is 0 Å². The number of alkyl halides is 2. The quantitative estimate of drug-likeness (QED) is 0.751. The third-order valence-corrected chi connectivity index (χ3v) is 3.98. The van der Waals surface area contributed by atoms with Crippen LogP contribution in [-0.4, -0.2) is 5.76 Å². The van der Waals surface area contributed by atoms with E-state index in [9.17, 15) is 8.78 Å². The van der Waals surface area contributed by atoms with E-state index in [1.165, 1.54) is 0 Å². The average molecular weight is 332 g/mol. The lowest BCUT2D eigenvalue weighted by atomic mass is 10.1. The molecule has 1 aromatic heterocycles. The standard InChI is InChI=1S/C15H16ClF2NOS/c1-10(11-2-4-12(16)5-3-11)19-8-13-6-7-14(20-13)9-21-15(17)18/h2-7,10,15,19H,8-9H2,1H3. The van der Waals surface area contributed by atoms with E-state index in [2.05, 4.69) is 5.32 Å². The van der Waals surface area contributed by atoms with Crippen molar-refractivity contribution in [3.05, 3.63) is 58.5 Å². The second kappa shape index (κ2) is 7.82. The molecule has 2 nitrogen and oxygen atoms in total. The minimum Gasteiger partial charge on any atom is -0.464 e. The summed E-state index contributed by atoms with van der Waals surface area (Å²) in [4.78, 5) is 0. The lowest BCUT2D eigenvalue weighted by molar-refractivity contribution is 0.251. The van der Waals surface area contributed by atoms with Crippen LogP contribution in [0.15, 0.2) is 40.8 Å². The molecular formula is C15H16ClF2NOS. The van der Waals surface area contributed by atoms with E-state index in [1.807, 2.05) is 37.3 Å². The van der Waals surface area contributed by atoms with Crippen molar-refractivity contribution >= 4 is 23.4 Å². The number of nitrogens with one attached hydrogen (secondary N) is 1. The molecule has 0 spiro atoms. The predicted octanol–water partition coefficient (Wildman–Crippen LogP) is 5.24. The third kappa shape index (κ3) is 5.34. The fourth-order valence-electron chi connectivity index (χ4n) is 1.86. The van der Waals surface area contributed by atoms with E-state index < -0.39 is 5.76 Å². The van der Waals surface area contributed by atoms with Crippen molar-refractivity contribution in [3.63, 3.8) is 0 Å². The molecule has 6 heteroatoms.